The number of nitrogens with zero attached hydrogens (tertiary/aromatic N) is 5. The number of fused-ring (bicyclic) bond motifs is 2. The average molecular weight is 742 g/mol. The number of carbonyl (C=O) groups is 2. The molecule has 2 aliphatic rings. The Labute approximate surface area is 314 Å². The lowest BCUT2D eigenvalue weighted by Gasteiger charge is -2.35. The van der Waals surface area contributed by atoms with Crippen molar-refractivity contribution in [1.82, 2.24) is 24.6 Å². The van der Waals surface area contributed by atoms with Gasteiger partial charge < -0.3 is 14.4 Å². The number of rotatable bonds is 8. The molecule has 0 radical (unpaired) electrons. The first-order valence-corrected chi connectivity index (χ1v) is 19.5. The van der Waals surface area contributed by atoms with Gasteiger partial charge in [0, 0.05) is 66.1 Å². The van der Waals surface area contributed by atoms with Crippen LogP contribution in [-0.2, 0) is 26.1 Å². The lowest BCUT2D eigenvalue weighted by molar-refractivity contribution is -0.166. The summed E-state index contributed by atoms with van der Waals surface area (Å²) >= 11 is 7.97. The number of amides is 1. The third-order valence-corrected chi connectivity index (χ3v) is 11.9. The molecule has 7 rings (SSSR count). The highest BCUT2D eigenvalue weighted by Crippen LogP contribution is 2.45. The van der Waals surface area contributed by atoms with Crippen LogP contribution in [0.25, 0.3) is 42.8 Å². The summed E-state index contributed by atoms with van der Waals surface area (Å²) < 4.78 is 15.0. The average Bonchev–Trinajstić information content (AvgIpc) is 3.85. The Bertz CT molecular complexity index is 2130. The minimum absolute atomic E-state index is 0.175. The van der Waals surface area contributed by atoms with Crippen LogP contribution in [0, 0.1) is 6.92 Å². The predicted octanol–water partition coefficient (Wildman–Crippen LogP) is 8.70. The molecule has 5 aromatic rings. The molecule has 9 nitrogen and oxygen atoms in total. The molecule has 2 aliphatic heterocycles. The molecule has 2 fully saturated rings. The SMILES string of the molecule is CCOC(=O)[C@@H](OC(C)(C)C)c1c(C)cc2nc(-c3ccc4c(c3)c(C3CCN([C@H]5CCN(C(C)=O)C5)CC3)nn4C)sc2c1-c1ccc(Cl)cc1. The van der Waals surface area contributed by atoms with E-state index in [0.29, 0.717) is 17.0 Å². The smallest absolute Gasteiger partial charge is 0.339 e. The zero-order chi connectivity index (χ0) is 36.9. The molecule has 0 spiro atoms. The van der Waals surface area contributed by atoms with Gasteiger partial charge in [0.15, 0.2) is 6.10 Å². The first-order valence-electron chi connectivity index (χ1n) is 18.3. The second-order valence-electron chi connectivity index (χ2n) is 15.2. The molecule has 2 atom stereocenters. The van der Waals surface area contributed by atoms with Gasteiger partial charge in [-0.1, -0.05) is 23.7 Å². The molecule has 11 heteroatoms. The van der Waals surface area contributed by atoms with Gasteiger partial charge >= 0.3 is 5.97 Å². The number of benzene rings is 3. The standard InChI is InChI=1S/C41H48ClN5O4S/c1-8-50-40(49)37(51-41(4,5)6)34-24(2)21-32-38(35(34)26-9-12-29(42)13-10-26)52-39(43-32)28-11-14-33-31(22-28)36(44-45(33)7)27-15-18-46(19-16-27)30-17-20-47(23-30)25(3)48/h9-14,21-22,27,30,37H,8,15-20,23H2,1-7H3/t30-,37-/m0/s1. The summed E-state index contributed by atoms with van der Waals surface area (Å²) in [6.07, 6.45) is 2.20. The fraction of sp³-hybridized carbons (Fsp3) is 0.463. The summed E-state index contributed by atoms with van der Waals surface area (Å²) in [6.45, 7) is 15.3. The topological polar surface area (TPSA) is 89.8 Å². The first-order chi connectivity index (χ1) is 24.8. The third kappa shape index (κ3) is 7.23. The summed E-state index contributed by atoms with van der Waals surface area (Å²) in [7, 11) is 2.02. The number of ether oxygens (including phenoxy) is 2. The van der Waals surface area contributed by atoms with E-state index < -0.39 is 17.7 Å². The van der Waals surface area contributed by atoms with E-state index in [-0.39, 0.29) is 12.5 Å². The third-order valence-electron chi connectivity index (χ3n) is 10.5. The van der Waals surface area contributed by atoms with Gasteiger partial charge in [0.1, 0.15) is 5.01 Å². The van der Waals surface area contributed by atoms with Crippen molar-refractivity contribution in [2.24, 2.45) is 7.05 Å². The predicted molar refractivity (Wildman–Crippen MR) is 209 cm³/mol. The molecule has 0 N–H and O–H groups in total. The van der Waals surface area contributed by atoms with Gasteiger partial charge in [0.25, 0.3) is 0 Å². The van der Waals surface area contributed by atoms with Crippen molar-refractivity contribution in [1.29, 1.82) is 0 Å². The minimum atomic E-state index is -0.928. The quantitative estimate of drug-likeness (QED) is 0.147. The van der Waals surface area contributed by atoms with Crippen LogP contribution in [0.15, 0.2) is 48.5 Å². The van der Waals surface area contributed by atoms with Crippen LogP contribution in [-0.4, -0.2) is 80.9 Å². The van der Waals surface area contributed by atoms with Crippen molar-refractivity contribution in [3.05, 3.63) is 70.4 Å². The van der Waals surface area contributed by atoms with E-state index in [1.807, 2.05) is 75.5 Å². The van der Waals surface area contributed by atoms with E-state index in [0.717, 1.165) is 105 Å². The largest absolute Gasteiger partial charge is 0.464 e. The van der Waals surface area contributed by atoms with Crippen LogP contribution in [0.3, 0.4) is 0 Å². The van der Waals surface area contributed by atoms with Gasteiger partial charge in [-0.05, 0) is 114 Å². The van der Waals surface area contributed by atoms with Crippen molar-refractivity contribution in [2.75, 3.05) is 32.8 Å². The fourth-order valence-corrected chi connectivity index (χ4v) is 9.21. The van der Waals surface area contributed by atoms with Crippen LogP contribution >= 0.6 is 22.9 Å². The van der Waals surface area contributed by atoms with E-state index in [1.165, 1.54) is 0 Å². The van der Waals surface area contributed by atoms with E-state index in [9.17, 15) is 9.59 Å². The Morgan fingerprint density at radius 2 is 1.73 bits per heavy atom. The molecule has 274 valence electrons. The second kappa shape index (κ2) is 14.5. The molecular formula is C41H48ClN5O4S. The van der Waals surface area contributed by atoms with Gasteiger partial charge in [-0.3, -0.25) is 14.4 Å². The molecule has 4 heterocycles. The molecule has 0 bridgehead atoms. The van der Waals surface area contributed by atoms with Crippen molar-refractivity contribution >= 4 is 55.9 Å². The maximum absolute atomic E-state index is 13.6. The van der Waals surface area contributed by atoms with Crippen LogP contribution in [0.5, 0.6) is 0 Å². The highest BCUT2D eigenvalue weighted by molar-refractivity contribution is 7.22. The monoisotopic (exact) mass is 741 g/mol. The van der Waals surface area contributed by atoms with Gasteiger partial charge in [-0.2, -0.15) is 5.10 Å². The summed E-state index contributed by atoms with van der Waals surface area (Å²) in [6, 6.07) is 16.8. The van der Waals surface area contributed by atoms with Crippen LogP contribution in [0.1, 0.15) is 82.7 Å². The Hall–Kier alpha value is -3.83. The zero-order valence-electron chi connectivity index (χ0n) is 31.2. The van der Waals surface area contributed by atoms with Crippen molar-refractivity contribution in [2.45, 2.75) is 84.5 Å². The fourth-order valence-electron chi connectivity index (χ4n) is 7.96. The molecule has 0 aliphatic carbocycles. The number of carbonyl (C=O) groups excluding carboxylic acids is 2. The van der Waals surface area contributed by atoms with Crippen LogP contribution in [0.4, 0.5) is 0 Å². The lowest BCUT2D eigenvalue weighted by Crippen LogP contribution is -2.43. The van der Waals surface area contributed by atoms with Crippen LogP contribution < -0.4 is 0 Å². The van der Waals surface area contributed by atoms with Gasteiger partial charge in [0.05, 0.1) is 33.6 Å². The molecule has 52 heavy (non-hydrogen) atoms. The first kappa shape index (κ1) is 36.5. The molecular weight excluding hydrogens is 694 g/mol. The Balaban J connectivity index is 1.27. The second-order valence-corrected chi connectivity index (χ2v) is 16.6. The van der Waals surface area contributed by atoms with E-state index in [1.54, 1.807) is 18.3 Å². The lowest BCUT2D eigenvalue weighted by atomic mass is 9.90. The number of thiazole rings is 1. The minimum Gasteiger partial charge on any atom is -0.464 e. The summed E-state index contributed by atoms with van der Waals surface area (Å²) in [5, 5.41) is 7.77. The van der Waals surface area contributed by atoms with E-state index in [2.05, 4.69) is 29.2 Å². The zero-order valence-corrected chi connectivity index (χ0v) is 32.7. The van der Waals surface area contributed by atoms with Crippen molar-refractivity contribution in [3.63, 3.8) is 0 Å². The van der Waals surface area contributed by atoms with E-state index >= 15 is 0 Å². The Kier molecular flexibility index (Phi) is 10.2. The number of hydrogen-bond donors (Lipinski definition) is 0. The van der Waals surface area contributed by atoms with Gasteiger partial charge in [-0.15, -0.1) is 11.3 Å². The summed E-state index contributed by atoms with van der Waals surface area (Å²) in [5.41, 5.74) is 7.05. The number of aromatic nitrogens is 3. The van der Waals surface area contributed by atoms with E-state index in [4.69, 9.17) is 31.2 Å². The molecule has 2 saturated heterocycles. The molecule has 0 unspecified atom stereocenters. The molecule has 0 saturated carbocycles. The highest BCUT2D eigenvalue weighted by atomic mass is 35.5. The molecule has 3 aromatic carbocycles. The van der Waals surface area contributed by atoms with Crippen LogP contribution in [0.2, 0.25) is 5.02 Å². The summed E-state index contributed by atoms with van der Waals surface area (Å²) in [5.74, 6) is 0.121. The Morgan fingerprint density at radius 1 is 1.02 bits per heavy atom. The Morgan fingerprint density at radius 3 is 2.38 bits per heavy atom. The van der Waals surface area contributed by atoms with Crippen molar-refractivity contribution < 1.29 is 19.1 Å². The maximum atomic E-state index is 13.6. The number of hydrogen-bond acceptors (Lipinski definition) is 8. The van der Waals surface area contributed by atoms with Crippen molar-refractivity contribution in [3.8, 4) is 21.7 Å². The molecule has 2 aromatic heterocycles. The number of halogens is 1. The molecule has 1 amide bonds. The summed E-state index contributed by atoms with van der Waals surface area (Å²) in [4.78, 5) is 35.3. The number of esters is 1. The highest BCUT2D eigenvalue weighted by Gasteiger charge is 2.35. The normalized spacial score (nSPS) is 18.1. The van der Waals surface area contributed by atoms with Gasteiger partial charge in [0.2, 0.25) is 5.91 Å². The number of piperidine rings is 1. The number of likely N-dealkylation sites (tertiary alicyclic amines) is 2. The maximum Gasteiger partial charge on any atom is 0.339 e. The number of aryl methyl sites for hydroxylation is 2. The van der Waals surface area contributed by atoms with Gasteiger partial charge in [-0.25, -0.2) is 9.78 Å².